The van der Waals surface area contributed by atoms with Crippen molar-refractivity contribution in [2.75, 3.05) is 0 Å². The summed E-state index contributed by atoms with van der Waals surface area (Å²) in [5, 5.41) is 23.9. The summed E-state index contributed by atoms with van der Waals surface area (Å²) in [6.45, 7) is 0. The quantitative estimate of drug-likeness (QED) is 0.397. The first-order valence-electron chi connectivity index (χ1n) is 6.74. The minimum Gasteiger partial charge on any atom is -0.258 e. The van der Waals surface area contributed by atoms with Gasteiger partial charge in [-0.05, 0) is 6.07 Å². The summed E-state index contributed by atoms with van der Waals surface area (Å²) in [6.07, 6.45) is -12.7. The number of hydrogen-bond donors (Lipinski definition) is 0. The first kappa shape index (κ1) is 21.9. The van der Waals surface area contributed by atoms with E-state index in [1.165, 1.54) is 0 Å². The average molecular weight is 438 g/mol. The molecule has 0 saturated carbocycles. The minimum absolute atomic E-state index is 0.130. The van der Waals surface area contributed by atoms with Gasteiger partial charge in [-0.3, -0.25) is 20.2 Å². The summed E-state index contributed by atoms with van der Waals surface area (Å²) < 4.78 is 117. The molecule has 2 aromatic rings. The van der Waals surface area contributed by atoms with Crippen molar-refractivity contribution >= 4 is 11.4 Å². The second-order valence-corrected chi connectivity index (χ2v) is 5.18. The van der Waals surface area contributed by atoms with Crippen LogP contribution in [0.5, 0.6) is 0 Å². The Morgan fingerprint density at radius 1 is 0.931 bits per heavy atom. The predicted molar refractivity (Wildman–Crippen MR) is 71.8 cm³/mol. The zero-order valence-electron chi connectivity index (χ0n) is 13.1. The van der Waals surface area contributed by atoms with E-state index in [4.69, 9.17) is 0 Å². The molecule has 0 radical (unpaired) electrons. The molecule has 0 amide bonds. The molecule has 1 aromatic carbocycles. The van der Waals surface area contributed by atoms with Crippen LogP contribution in [0.1, 0.15) is 11.3 Å². The van der Waals surface area contributed by atoms with Crippen LogP contribution < -0.4 is 0 Å². The molecule has 1 heterocycles. The van der Waals surface area contributed by atoms with Gasteiger partial charge in [0.2, 0.25) is 5.95 Å². The molecule has 0 bridgehead atoms. The largest absolute Gasteiger partial charge is 0.459 e. The van der Waals surface area contributed by atoms with E-state index in [1.54, 1.807) is 0 Å². The summed E-state index contributed by atoms with van der Waals surface area (Å²) in [6, 6.07) is 0.811. The lowest BCUT2D eigenvalue weighted by Gasteiger charge is -2.19. The first-order valence-corrected chi connectivity index (χ1v) is 6.74. The Morgan fingerprint density at radius 2 is 1.48 bits per heavy atom. The van der Waals surface area contributed by atoms with Crippen LogP contribution >= 0.6 is 0 Å². The minimum atomic E-state index is -6.61. The molecule has 0 N–H and O–H groups in total. The number of nitrogens with zero attached hydrogens (tertiary/aromatic N) is 4. The van der Waals surface area contributed by atoms with Crippen LogP contribution in [-0.4, -0.2) is 25.8 Å². The Hall–Kier alpha value is -3.40. The third kappa shape index (κ3) is 3.66. The number of alkyl halides is 8. The highest BCUT2D eigenvalue weighted by molar-refractivity contribution is 5.58. The van der Waals surface area contributed by atoms with Gasteiger partial charge in [0.25, 0.3) is 5.69 Å². The standard InChI is InChI=1S/C12H3F9N4O4/c13-9-7(11(16,17)18)8(10(14,15)12(19,20)21)22-23(9)5-2-1-4(24(26)27)3-6(5)25(28)29/h1-3H. The maximum atomic E-state index is 14.2. The van der Waals surface area contributed by atoms with Crippen molar-refractivity contribution in [2.24, 2.45) is 0 Å². The van der Waals surface area contributed by atoms with Crippen molar-refractivity contribution in [2.45, 2.75) is 18.3 Å². The van der Waals surface area contributed by atoms with Crippen molar-refractivity contribution in [3.05, 3.63) is 55.6 Å². The Balaban J connectivity index is 2.90. The Bertz CT molecular complexity index is 996. The van der Waals surface area contributed by atoms with Crippen LogP contribution in [0.3, 0.4) is 0 Å². The number of hydrogen-bond acceptors (Lipinski definition) is 5. The van der Waals surface area contributed by atoms with E-state index in [0.717, 1.165) is 0 Å². The van der Waals surface area contributed by atoms with Crippen LogP contribution in [-0.2, 0) is 12.1 Å². The number of nitro groups is 2. The Labute approximate surface area is 151 Å². The average Bonchev–Trinajstić information content (AvgIpc) is 2.91. The molecular weight excluding hydrogens is 435 g/mol. The van der Waals surface area contributed by atoms with Crippen LogP contribution in [0.2, 0.25) is 0 Å². The number of non-ortho nitro benzene ring substituents is 1. The maximum Gasteiger partial charge on any atom is 0.459 e. The van der Waals surface area contributed by atoms with E-state index in [2.05, 4.69) is 5.10 Å². The van der Waals surface area contributed by atoms with Crippen LogP contribution in [0.25, 0.3) is 5.69 Å². The summed E-state index contributed by atoms with van der Waals surface area (Å²) in [7, 11) is 0. The normalized spacial score (nSPS) is 12.9. The molecule has 17 heteroatoms. The van der Waals surface area contributed by atoms with Crippen LogP contribution in [0, 0.1) is 26.2 Å². The lowest BCUT2D eigenvalue weighted by atomic mass is 10.1. The van der Waals surface area contributed by atoms with Crippen molar-refractivity contribution in [1.29, 1.82) is 0 Å². The molecule has 0 saturated heterocycles. The molecule has 0 atom stereocenters. The van der Waals surface area contributed by atoms with Gasteiger partial charge in [0.15, 0.2) is 5.69 Å². The van der Waals surface area contributed by atoms with E-state index in [1.807, 2.05) is 0 Å². The van der Waals surface area contributed by atoms with E-state index >= 15 is 0 Å². The van der Waals surface area contributed by atoms with Gasteiger partial charge in [0, 0.05) is 6.07 Å². The van der Waals surface area contributed by atoms with Gasteiger partial charge in [-0.1, -0.05) is 0 Å². The maximum absolute atomic E-state index is 14.2. The predicted octanol–water partition coefficient (Wildman–Crippen LogP) is 4.50. The molecule has 8 nitrogen and oxygen atoms in total. The van der Waals surface area contributed by atoms with Crippen molar-refractivity contribution in [3.8, 4) is 5.69 Å². The zero-order valence-corrected chi connectivity index (χ0v) is 13.1. The highest BCUT2D eigenvalue weighted by atomic mass is 19.4. The topological polar surface area (TPSA) is 104 Å². The van der Waals surface area contributed by atoms with Crippen molar-refractivity contribution in [3.63, 3.8) is 0 Å². The second kappa shape index (κ2) is 6.59. The van der Waals surface area contributed by atoms with Crippen LogP contribution in [0.4, 0.5) is 50.9 Å². The third-order valence-electron chi connectivity index (χ3n) is 3.36. The number of halogens is 9. The van der Waals surface area contributed by atoms with Gasteiger partial charge in [-0.15, -0.1) is 0 Å². The van der Waals surface area contributed by atoms with Gasteiger partial charge in [0.05, 0.1) is 15.9 Å². The summed E-state index contributed by atoms with van der Waals surface area (Å²) in [5.41, 5.74) is -10.0. The molecule has 2 rings (SSSR count). The summed E-state index contributed by atoms with van der Waals surface area (Å²) in [4.78, 5) is 19.0. The number of nitro benzene ring substituents is 2. The fraction of sp³-hybridized carbons (Fsp3) is 0.250. The lowest BCUT2D eigenvalue weighted by Crippen LogP contribution is -2.36. The molecule has 158 valence electrons. The molecule has 0 fully saturated rings. The monoisotopic (exact) mass is 438 g/mol. The van der Waals surface area contributed by atoms with Crippen molar-refractivity contribution < 1.29 is 49.4 Å². The lowest BCUT2D eigenvalue weighted by molar-refractivity contribution is -0.394. The van der Waals surface area contributed by atoms with E-state index in [-0.39, 0.29) is 12.1 Å². The zero-order chi connectivity index (χ0) is 22.5. The highest BCUT2D eigenvalue weighted by Gasteiger charge is 2.64. The first-order chi connectivity index (χ1) is 13.0. The van der Waals surface area contributed by atoms with Gasteiger partial charge in [-0.2, -0.15) is 49.3 Å². The smallest absolute Gasteiger partial charge is 0.258 e. The van der Waals surface area contributed by atoms with E-state index < -0.39 is 67.1 Å². The molecule has 1 aromatic heterocycles. The van der Waals surface area contributed by atoms with Gasteiger partial charge in [-0.25, -0.2) is 0 Å². The van der Waals surface area contributed by atoms with Gasteiger partial charge in [0.1, 0.15) is 11.3 Å². The number of rotatable bonds is 4. The SMILES string of the molecule is O=[N+]([O-])c1ccc(-n2nc(C(F)(F)C(F)(F)F)c(C(F)(F)F)c2F)c([N+](=O)[O-])c1. The number of benzene rings is 1. The van der Waals surface area contributed by atoms with Gasteiger partial charge >= 0.3 is 24.0 Å². The molecule has 0 spiro atoms. The van der Waals surface area contributed by atoms with E-state index in [0.29, 0.717) is 6.07 Å². The van der Waals surface area contributed by atoms with Gasteiger partial charge < -0.3 is 0 Å². The Kier molecular flexibility index (Phi) is 4.97. The fourth-order valence-electron chi connectivity index (χ4n) is 2.11. The molecular formula is C12H3F9N4O4. The Morgan fingerprint density at radius 3 is 1.90 bits per heavy atom. The van der Waals surface area contributed by atoms with E-state index in [9.17, 15) is 59.7 Å². The fourth-order valence-corrected chi connectivity index (χ4v) is 2.11. The molecule has 0 aliphatic heterocycles. The molecule has 29 heavy (non-hydrogen) atoms. The second-order valence-electron chi connectivity index (χ2n) is 5.18. The highest BCUT2D eigenvalue weighted by Crippen LogP contribution is 2.48. The molecule has 0 aliphatic rings. The third-order valence-corrected chi connectivity index (χ3v) is 3.36. The summed E-state index contributed by atoms with van der Waals surface area (Å²) in [5.74, 6) is -9.09. The number of aromatic nitrogens is 2. The van der Waals surface area contributed by atoms with Crippen molar-refractivity contribution in [1.82, 2.24) is 9.78 Å². The molecule has 0 aliphatic carbocycles. The summed E-state index contributed by atoms with van der Waals surface area (Å²) >= 11 is 0. The van der Waals surface area contributed by atoms with Crippen LogP contribution in [0.15, 0.2) is 18.2 Å². The molecule has 0 unspecified atom stereocenters.